The predicted molar refractivity (Wildman–Crippen MR) is 124 cm³/mol. The van der Waals surface area contributed by atoms with Crippen LogP contribution in [-0.2, 0) is 14.3 Å². The van der Waals surface area contributed by atoms with Gasteiger partial charge in [0.05, 0.1) is 23.6 Å². The number of fused-ring (bicyclic) bond motifs is 3. The molecule has 2 amide bonds. The van der Waals surface area contributed by atoms with Crippen molar-refractivity contribution in [3.63, 3.8) is 0 Å². The van der Waals surface area contributed by atoms with E-state index in [1.54, 1.807) is 72.8 Å². The molecule has 2 heterocycles. The average Bonchev–Trinajstić information content (AvgIpc) is 3.40. The number of amides is 2. The fourth-order valence-electron chi connectivity index (χ4n) is 5.45. The van der Waals surface area contributed by atoms with Gasteiger partial charge in [-0.25, -0.2) is 4.90 Å². The second kappa shape index (κ2) is 7.19. The fraction of sp³-hybridized carbons (Fsp3) is 0.185. The van der Waals surface area contributed by atoms with Crippen LogP contribution in [0.5, 0.6) is 0 Å². The number of halogens is 1. The number of anilines is 1. The molecule has 7 heteroatoms. The third kappa shape index (κ3) is 2.55. The Morgan fingerprint density at radius 3 is 2.00 bits per heavy atom. The molecule has 34 heavy (non-hydrogen) atoms. The van der Waals surface area contributed by atoms with Gasteiger partial charge in [0.25, 0.3) is 0 Å². The van der Waals surface area contributed by atoms with Crippen molar-refractivity contribution < 1.29 is 23.9 Å². The molecule has 2 fully saturated rings. The number of hydrogen-bond donors (Lipinski definition) is 0. The van der Waals surface area contributed by atoms with Crippen molar-refractivity contribution in [3.05, 3.63) is 100 Å². The first-order chi connectivity index (χ1) is 16.4. The van der Waals surface area contributed by atoms with Crippen LogP contribution in [0.15, 0.2) is 72.8 Å². The van der Waals surface area contributed by atoms with Crippen LogP contribution in [0.3, 0.4) is 0 Å². The van der Waals surface area contributed by atoms with Crippen molar-refractivity contribution >= 4 is 40.7 Å². The Bertz CT molecular complexity index is 1380. The molecule has 0 radical (unpaired) electrons. The first-order valence-corrected chi connectivity index (χ1v) is 11.3. The van der Waals surface area contributed by atoms with Crippen LogP contribution in [0.1, 0.15) is 37.9 Å². The highest BCUT2D eigenvalue weighted by atomic mass is 35.5. The van der Waals surface area contributed by atoms with Gasteiger partial charge in [-0.3, -0.25) is 19.2 Å². The summed E-state index contributed by atoms with van der Waals surface area (Å²) in [5.74, 6) is -4.69. The second-order valence-corrected chi connectivity index (χ2v) is 9.26. The SMILES string of the molecule is Cc1ccc(N2C(=O)[C@H]3[C@@H](c4ccccc4Cl)OC4(C(=O)c5ccccc5C4=O)[C@@H]3C2=O)cc1. The molecule has 2 aliphatic heterocycles. The van der Waals surface area contributed by atoms with Crippen molar-refractivity contribution in [2.45, 2.75) is 18.6 Å². The molecule has 1 spiro atoms. The molecule has 0 N–H and O–H groups in total. The standard InChI is InChI=1S/C27H18ClNO5/c1-14-10-12-15(13-11-14)29-25(32)20-21(26(29)33)27(34-22(20)18-8-4-5-9-19(18)28)23(30)16-6-2-3-7-17(16)24(27)31/h2-13,20-22H,1H3/t20-,21+,22-/m1/s1. The van der Waals surface area contributed by atoms with E-state index in [1.165, 1.54) is 0 Å². The molecule has 1 aliphatic carbocycles. The van der Waals surface area contributed by atoms with E-state index >= 15 is 0 Å². The summed E-state index contributed by atoms with van der Waals surface area (Å²) in [5.41, 5.74) is 0.0937. The Kier molecular flexibility index (Phi) is 4.43. The molecule has 6 nitrogen and oxygen atoms in total. The zero-order valence-corrected chi connectivity index (χ0v) is 18.8. The summed E-state index contributed by atoms with van der Waals surface area (Å²) in [6.45, 7) is 1.90. The average molecular weight is 472 g/mol. The summed E-state index contributed by atoms with van der Waals surface area (Å²) in [5, 5.41) is 0.327. The topological polar surface area (TPSA) is 80.8 Å². The lowest BCUT2D eigenvalue weighted by atomic mass is 9.77. The molecule has 6 rings (SSSR count). The third-order valence-electron chi connectivity index (χ3n) is 7.02. The molecule has 0 unspecified atom stereocenters. The number of carbonyl (C=O) groups is 4. The highest BCUT2D eigenvalue weighted by molar-refractivity contribution is 6.37. The van der Waals surface area contributed by atoms with Crippen LogP contribution < -0.4 is 4.90 Å². The van der Waals surface area contributed by atoms with Gasteiger partial charge in [0, 0.05) is 21.7 Å². The van der Waals surface area contributed by atoms with Gasteiger partial charge in [0.2, 0.25) is 29.0 Å². The van der Waals surface area contributed by atoms with E-state index in [0.29, 0.717) is 16.3 Å². The summed E-state index contributed by atoms with van der Waals surface area (Å²) in [6.07, 6.45) is -1.03. The molecule has 0 aromatic heterocycles. The van der Waals surface area contributed by atoms with E-state index in [9.17, 15) is 19.2 Å². The quantitative estimate of drug-likeness (QED) is 0.410. The van der Waals surface area contributed by atoms with Crippen LogP contribution in [0, 0.1) is 18.8 Å². The Morgan fingerprint density at radius 1 is 0.794 bits per heavy atom. The molecule has 0 bridgehead atoms. The number of Topliss-reactive ketones (excluding diaryl/α,β-unsaturated/α-hetero) is 2. The second-order valence-electron chi connectivity index (χ2n) is 8.85. The number of ketones is 2. The van der Waals surface area contributed by atoms with Crippen molar-refractivity contribution in [2.24, 2.45) is 11.8 Å². The Balaban J connectivity index is 1.56. The first kappa shape index (κ1) is 21.0. The Morgan fingerprint density at radius 2 is 1.38 bits per heavy atom. The summed E-state index contributed by atoms with van der Waals surface area (Å²) in [7, 11) is 0. The maximum Gasteiger partial charge on any atom is 0.241 e. The minimum absolute atomic E-state index is 0.195. The van der Waals surface area contributed by atoms with Crippen LogP contribution in [0.2, 0.25) is 5.02 Å². The number of imide groups is 1. The number of benzene rings is 3. The first-order valence-electron chi connectivity index (χ1n) is 10.9. The number of rotatable bonds is 2. The van der Waals surface area contributed by atoms with Gasteiger partial charge >= 0.3 is 0 Å². The molecule has 3 aromatic rings. The summed E-state index contributed by atoms with van der Waals surface area (Å²) in [6, 6.07) is 20.1. The van der Waals surface area contributed by atoms with Gasteiger partial charge in [-0.2, -0.15) is 0 Å². The van der Waals surface area contributed by atoms with Crippen LogP contribution in [-0.4, -0.2) is 29.0 Å². The fourth-order valence-corrected chi connectivity index (χ4v) is 5.70. The van der Waals surface area contributed by atoms with Gasteiger partial charge in [-0.05, 0) is 25.1 Å². The lowest BCUT2D eigenvalue weighted by molar-refractivity contribution is -0.127. The predicted octanol–water partition coefficient (Wildman–Crippen LogP) is 4.34. The van der Waals surface area contributed by atoms with E-state index in [0.717, 1.165) is 10.5 Å². The maximum absolute atomic E-state index is 13.8. The molecular formula is C27H18ClNO5. The van der Waals surface area contributed by atoms with Crippen LogP contribution in [0.25, 0.3) is 0 Å². The number of ether oxygens (including phenoxy) is 1. The summed E-state index contributed by atoms with van der Waals surface area (Å²) < 4.78 is 6.24. The lowest BCUT2D eigenvalue weighted by Gasteiger charge is -2.27. The minimum Gasteiger partial charge on any atom is -0.349 e. The number of nitrogens with zero attached hydrogens (tertiary/aromatic N) is 1. The Labute approximate surface area is 200 Å². The van der Waals surface area contributed by atoms with Crippen LogP contribution >= 0.6 is 11.6 Å². The molecule has 3 atom stereocenters. The van der Waals surface area contributed by atoms with E-state index in [1.807, 2.05) is 6.92 Å². The minimum atomic E-state index is -2.11. The Hall–Kier alpha value is -3.61. The number of hydrogen-bond acceptors (Lipinski definition) is 5. The highest BCUT2D eigenvalue weighted by Gasteiger charge is 2.74. The maximum atomic E-state index is 13.8. The monoisotopic (exact) mass is 471 g/mol. The number of carbonyl (C=O) groups excluding carboxylic acids is 4. The van der Waals surface area contributed by atoms with Crippen molar-refractivity contribution in [1.29, 1.82) is 0 Å². The zero-order chi connectivity index (χ0) is 23.8. The largest absolute Gasteiger partial charge is 0.349 e. The lowest BCUT2D eigenvalue weighted by Crippen LogP contribution is -2.51. The van der Waals surface area contributed by atoms with E-state index < -0.39 is 46.9 Å². The van der Waals surface area contributed by atoms with Crippen molar-refractivity contribution in [3.8, 4) is 0 Å². The van der Waals surface area contributed by atoms with Crippen LogP contribution in [0.4, 0.5) is 5.69 Å². The van der Waals surface area contributed by atoms with Gasteiger partial charge < -0.3 is 4.74 Å². The molecule has 168 valence electrons. The number of aryl methyl sites for hydroxylation is 1. The van der Waals surface area contributed by atoms with Gasteiger partial charge in [-0.1, -0.05) is 71.8 Å². The van der Waals surface area contributed by atoms with E-state index in [4.69, 9.17) is 16.3 Å². The zero-order valence-electron chi connectivity index (χ0n) is 18.0. The molecular weight excluding hydrogens is 454 g/mol. The van der Waals surface area contributed by atoms with E-state index in [2.05, 4.69) is 0 Å². The molecule has 2 saturated heterocycles. The smallest absolute Gasteiger partial charge is 0.241 e. The molecule has 0 saturated carbocycles. The van der Waals surface area contributed by atoms with E-state index in [-0.39, 0.29) is 11.1 Å². The third-order valence-corrected chi connectivity index (χ3v) is 7.37. The van der Waals surface area contributed by atoms with Crippen molar-refractivity contribution in [2.75, 3.05) is 4.90 Å². The normalized spacial score (nSPS) is 24.8. The van der Waals surface area contributed by atoms with Gasteiger partial charge in [-0.15, -0.1) is 0 Å². The summed E-state index contributed by atoms with van der Waals surface area (Å²) >= 11 is 6.45. The summed E-state index contributed by atoms with van der Waals surface area (Å²) in [4.78, 5) is 56.1. The highest BCUT2D eigenvalue weighted by Crippen LogP contribution is 2.58. The van der Waals surface area contributed by atoms with Gasteiger partial charge in [0.1, 0.15) is 0 Å². The van der Waals surface area contributed by atoms with Crippen molar-refractivity contribution in [1.82, 2.24) is 0 Å². The van der Waals surface area contributed by atoms with Gasteiger partial charge in [0.15, 0.2) is 0 Å². The molecule has 3 aromatic carbocycles. The molecule has 3 aliphatic rings.